The maximum atomic E-state index is 5.46. The molecule has 0 saturated heterocycles. The van der Waals surface area contributed by atoms with E-state index in [9.17, 15) is 0 Å². The fourth-order valence-electron chi connectivity index (χ4n) is 3.46. The third-order valence-corrected chi connectivity index (χ3v) is 5.10. The van der Waals surface area contributed by atoms with Gasteiger partial charge in [-0.2, -0.15) is 5.10 Å². The van der Waals surface area contributed by atoms with Crippen LogP contribution in [0.1, 0.15) is 32.6 Å². The molecule has 33 heavy (non-hydrogen) atoms. The molecule has 0 radical (unpaired) electrons. The molecule has 172 valence electrons. The lowest BCUT2D eigenvalue weighted by atomic mass is 10.2. The van der Waals surface area contributed by atoms with Gasteiger partial charge in [-0.15, -0.1) is 0 Å². The molecule has 0 amide bonds. The summed E-state index contributed by atoms with van der Waals surface area (Å²) in [7, 11) is 4.74. The van der Waals surface area contributed by atoms with E-state index in [0.29, 0.717) is 34.7 Å². The zero-order valence-corrected chi connectivity index (χ0v) is 19.6. The number of allylic oxidation sites excluding steroid dienone is 1. The van der Waals surface area contributed by atoms with E-state index in [0.717, 1.165) is 22.3 Å². The normalized spacial score (nSPS) is 11.1. The first-order chi connectivity index (χ1) is 15.9. The number of hydrogen-bond donors (Lipinski definition) is 1. The number of fused-ring (bicyclic) bond motifs is 1. The predicted molar refractivity (Wildman–Crippen MR) is 127 cm³/mol. The molecule has 0 atom stereocenters. The van der Waals surface area contributed by atoms with Crippen LogP contribution in [0.2, 0.25) is 0 Å². The summed E-state index contributed by atoms with van der Waals surface area (Å²) in [5.41, 5.74) is 2.30. The summed E-state index contributed by atoms with van der Waals surface area (Å²) in [5, 5.41) is 8.59. The molecule has 4 aromatic rings. The van der Waals surface area contributed by atoms with Crippen LogP contribution in [0.3, 0.4) is 0 Å². The monoisotopic (exact) mass is 449 g/mol. The first-order valence-corrected chi connectivity index (χ1v) is 10.4. The second-order valence-electron chi connectivity index (χ2n) is 7.77. The lowest BCUT2D eigenvalue weighted by molar-refractivity contribution is 0.324. The third kappa shape index (κ3) is 4.07. The van der Waals surface area contributed by atoms with E-state index in [1.165, 1.54) is 0 Å². The first-order valence-electron chi connectivity index (χ1n) is 10.4. The number of aromatic nitrogens is 6. The Hall–Kier alpha value is -4.08. The summed E-state index contributed by atoms with van der Waals surface area (Å²) in [4.78, 5) is 13.8. The molecule has 0 aliphatic rings. The van der Waals surface area contributed by atoms with Gasteiger partial charge < -0.3 is 24.1 Å². The molecule has 0 fully saturated rings. The van der Waals surface area contributed by atoms with Crippen LogP contribution < -0.4 is 19.5 Å². The Labute approximate surface area is 191 Å². The zero-order valence-electron chi connectivity index (χ0n) is 19.6. The van der Waals surface area contributed by atoms with Gasteiger partial charge in [0.05, 0.1) is 44.8 Å². The largest absolute Gasteiger partial charge is 0.493 e. The smallest absolute Gasteiger partial charge is 0.203 e. The molecule has 10 heteroatoms. The molecular weight excluding hydrogens is 422 g/mol. The van der Waals surface area contributed by atoms with E-state index >= 15 is 0 Å². The van der Waals surface area contributed by atoms with Crippen molar-refractivity contribution in [1.29, 1.82) is 0 Å². The minimum atomic E-state index is 0.155. The lowest BCUT2D eigenvalue weighted by Crippen LogP contribution is -2.06. The molecule has 3 heterocycles. The average molecular weight is 450 g/mol. The lowest BCUT2D eigenvalue weighted by Gasteiger charge is -2.14. The molecule has 0 saturated carbocycles. The van der Waals surface area contributed by atoms with Crippen molar-refractivity contribution >= 4 is 28.2 Å². The minimum Gasteiger partial charge on any atom is -0.493 e. The molecule has 0 spiro atoms. The predicted octanol–water partition coefficient (Wildman–Crippen LogP) is 4.40. The van der Waals surface area contributed by atoms with Crippen molar-refractivity contribution in [3.05, 3.63) is 43.3 Å². The highest BCUT2D eigenvalue weighted by Gasteiger charge is 2.17. The number of benzene rings is 1. The number of rotatable bonds is 8. The van der Waals surface area contributed by atoms with E-state index in [1.807, 2.05) is 34.5 Å². The Morgan fingerprint density at radius 2 is 1.76 bits per heavy atom. The molecular formula is C23H27N7O3. The summed E-state index contributed by atoms with van der Waals surface area (Å²) in [6, 6.07) is 3.85. The Kier molecular flexibility index (Phi) is 5.91. The van der Waals surface area contributed by atoms with Crippen LogP contribution in [0.5, 0.6) is 17.2 Å². The second-order valence-corrected chi connectivity index (χ2v) is 7.77. The number of methoxy groups -OCH3 is 3. The van der Waals surface area contributed by atoms with Gasteiger partial charge in [-0.05, 0) is 26.3 Å². The molecule has 1 N–H and O–H groups in total. The van der Waals surface area contributed by atoms with Crippen molar-refractivity contribution in [3.8, 4) is 22.9 Å². The van der Waals surface area contributed by atoms with Crippen LogP contribution in [0.15, 0.2) is 37.4 Å². The van der Waals surface area contributed by atoms with Crippen molar-refractivity contribution in [2.24, 2.45) is 0 Å². The van der Waals surface area contributed by atoms with Gasteiger partial charge in [-0.25, -0.2) is 19.6 Å². The maximum absolute atomic E-state index is 5.46. The van der Waals surface area contributed by atoms with Crippen LogP contribution in [-0.2, 0) is 0 Å². The molecule has 0 aliphatic heterocycles. The number of anilines is 2. The fraction of sp³-hybridized carbons (Fsp3) is 0.304. The van der Waals surface area contributed by atoms with Crippen LogP contribution in [0.4, 0.5) is 11.6 Å². The molecule has 0 aliphatic carbocycles. The Morgan fingerprint density at radius 1 is 1.06 bits per heavy atom. The Morgan fingerprint density at radius 3 is 2.33 bits per heavy atom. The molecule has 0 unspecified atom stereocenters. The highest BCUT2D eigenvalue weighted by molar-refractivity contribution is 5.89. The van der Waals surface area contributed by atoms with E-state index in [-0.39, 0.29) is 6.04 Å². The van der Waals surface area contributed by atoms with Gasteiger partial charge in [0.15, 0.2) is 23.0 Å². The number of nitrogens with one attached hydrogen (secondary N) is 1. The summed E-state index contributed by atoms with van der Waals surface area (Å²) in [6.45, 7) is 9.98. The van der Waals surface area contributed by atoms with Crippen molar-refractivity contribution in [1.82, 2.24) is 29.3 Å². The summed E-state index contributed by atoms with van der Waals surface area (Å²) in [5.74, 6) is 3.41. The number of hydrogen-bond acceptors (Lipinski definition) is 8. The summed E-state index contributed by atoms with van der Waals surface area (Å²) in [6.07, 6.45) is 5.30. The molecule has 10 nitrogen and oxygen atoms in total. The summed E-state index contributed by atoms with van der Waals surface area (Å²) >= 11 is 0. The number of ether oxygens (including phenoxy) is 3. The quantitative estimate of drug-likeness (QED) is 0.422. The third-order valence-electron chi connectivity index (χ3n) is 5.10. The van der Waals surface area contributed by atoms with Crippen molar-refractivity contribution < 1.29 is 14.2 Å². The van der Waals surface area contributed by atoms with Crippen molar-refractivity contribution in [2.75, 3.05) is 26.6 Å². The zero-order chi connectivity index (χ0) is 23.7. The van der Waals surface area contributed by atoms with E-state index < -0.39 is 0 Å². The molecule has 0 bridgehead atoms. The van der Waals surface area contributed by atoms with Crippen LogP contribution >= 0.6 is 0 Å². The van der Waals surface area contributed by atoms with Gasteiger partial charge in [0, 0.05) is 18.2 Å². The minimum absolute atomic E-state index is 0.155. The standard InChI is InChI=1S/C23H27N7O3/c1-13(2)21-27-22(16-10-25-30(14(3)4)23(16)28-21)26-19-11-29(12-24-19)15-8-17(31-5)20(33-7)18(9-15)32-6/h8-12,14H,1H2,2-7H3,(H,26,27,28). The Balaban J connectivity index is 1.73. The van der Waals surface area contributed by atoms with Gasteiger partial charge >= 0.3 is 0 Å². The van der Waals surface area contributed by atoms with Crippen LogP contribution in [-0.4, -0.2) is 50.6 Å². The van der Waals surface area contributed by atoms with Crippen molar-refractivity contribution in [2.45, 2.75) is 26.8 Å². The van der Waals surface area contributed by atoms with E-state index in [2.05, 4.69) is 45.8 Å². The van der Waals surface area contributed by atoms with Crippen molar-refractivity contribution in [3.63, 3.8) is 0 Å². The van der Waals surface area contributed by atoms with Gasteiger partial charge in [-0.3, -0.25) is 0 Å². The van der Waals surface area contributed by atoms with E-state index in [4.69, 9.17) is 14.2 Å². The van der Waals surface area contributed by atoms with Crippen LogP contribution in [0, 0.1) is 0 Å². The number of nitrogens with zero attached hydrogens (tertiary/aromatic N) is 6. The second kappa shape index (κ2) is 8.81. The maximum Gasteiger partial charge on any atom is 0.203 e. The molecule has 4 rings (SSSR count). The molecule has 1 aromatic carbocycles. The molecule has 3 aromatic heterocycles. The first kappa shape index (κ1) is 22.1. The van der Waals surface area contributed by atoms with E-state index in [1.54, 1.807) is 33.9 Å². The highest BCUT2D eigenvalue weighted by atomic mass is 16.5. The topological polar surface area (TPSA) is 101 Å². The summed E-state index contributed by atoms with van der Waals surface area (Å²) < 4.78 is 20.0. The number of imidazole rings is 1. The van der Waals surface area contributed by atoms with Crippen LogP contribution in [0.25, 0.3) is 22.3 Å². The van der Waals surface area contributed by atoms with Gasteiger partial charge in [0.2, 0.25) is 5.75 Å². The average Bonchev–Trinajstić information content (AvgIpc) is 3.45. The Bertz CT molecular complexity index is 1300. The van der Waals surface area contributed by atoms with Gasteiger partial charge in [0.25, 0.3) is 0 Å². The highest BCUT2D eigenvalue weighted by Crippen LogP contribution is 2.39. The SMILES string of the molecule is C=C(C)c1nc(Nc2cn(-c3cc(OC)c(OC)c(OC)c3)cn2)c2cnn(C(C)C)c2n1. The van der Waals surface area contributed by atoms with Gasteiger partial charge in [-0.1, -0.05) is 6.58 Å². The fourth-order valence-corrected chi connectivity index (χ4v) is 3.46. The van der Waals surface area contributed by atoms with Gasteiger partial charge in [0.1, 0.15) is 18.0 Å².